The second-order valence-corrected chi connectivity index (χ2v) is 6.76. The lowest BCUT2D eigenvalue weighted by Crippen LogP contribution is -2.52. The zero-order valence-corrected chi connectivity index (χ0v) is 16.2. The van der Waals surface area contributed by atoms with E-state index < -0.39 is 12.2 Å². The molecule has 0 bridgehead atoms. The first kappa shape index (κ1) is 19.4. The Morgan fingerprint density at radius 1 is 1.18 bits per heavy atom. The Bertz CT molecular complexity index is 884. The molecule has 9 heteroatoms. The molecule has 1 aliphatic rings. The first-order valence-electron chi connectivity index (χ1n) is 8.89. The van der Waals surface area contributed by atoms with Crippen molar-refractivity contribution >= 4 is 29.4 Å². The fourth-order valence-electron chi connectivity index (χ4n) is 3.09. The summed E-state index contributed by atoms with van der Waals surface area (Å²) in [7, 11) is 1.33. The second kappa shape index (κ2) is 7.71. The molecule has 0 unspecified atom stereocenters. The topological polar surface area (TPSA) is 111 Å². The summed E-state index contributed by atoms with van der Waals surface area (Å²) in [4.78, 5) is 36.4. The number of ether oxygens (including phenoxy) is 2. The Hall–Kier alpha value is -3.36. The molecule has 2 N–H and O–H groups in total. The molecule has 0 aliphatic carbocycles. The number of nitrogens with zero attached hydrogens (tertiary/aromatic N) is 4. The van der Waals surface area contributed by atoms with Crippen LogP contribution in [-0.4, -0.2) is 48.0 Å². The van der Waals surface area contributed by atoms with Crippen molar-refractivity contribution in [3.8, 4) is 11.3 Å². The highest BCUT2D eigenvalue weighted by atomic mass is 16.6. The molecular formula is C19H23N5O4. The number of aromatic nitrogens is 2. The van der Waals surface area contributed by atoms with Gasteiger partial charge < -0.3 is 15.2 Å². The smallest absolute Gasteiger partial charge is 0.414 e. The van der Waals surface area contributed by atoms with Crippen LogP contribution in [0.25, 0.3) is 11.3 Å². The molecule has 0 radical (unpaired) electrons. The van der Waals surface area contributed by atoms with Crippen LogP contribution < -0.4 is 15.5 Å². The standard InChI is InChI=1S/C19H23N5O4/c1-11(2)28-18(25)23-10-12(3)24(19(26)27-4)15-6-5-13(7-16(15)23)14-8-22-17(20)9-21-14/h5-9,11-12H,10H2,1-4H3,(H2,20,22)/t12-/m0/s1. The summed E-state index contributed by atoms with van der Waals surface area (Å²) in [6.45, 7) is 5.68. The largest absolute Gasteiger partial charge is 0.452 e. The van der Waals surface area contributed by atoms with E-state index in [4.69, 9.17) is 15.2 Å². The maximum absolute atomic E-state index is 12.7. The van der Waals surface area contributed by atoms with E-state index in [2.05, 4.69) is 9.97 Å². The summed E-state index contributed by atoms with van der Waals surface area (Å²) in [6, 6.07) is 5.05. The number of nitrogens with two attached hydrogens (primary N) is 1. The minimum Gasteiger partial charge on any atom is -0.452 e. The van der Waals surface area contributed by atoms with Gasteiger partial charge in [0, 0.05) is 5.56 Å². The van der Waals surface area contributed by atoms with Crippen LogP contribution in [0.4, 0.5) is 26.8 Å². The Kier molecular flexibility index (Phi) is 5.34. The number of amides is 2. The highest BCUT2D eigenvalue weighted by Gasteiger charge is 2.36. The molecule has 0 saturated carbocycles. The van der Waals surface area contributed by atoms with Crippen molar-refractivity contribution in [2.24, 2.45) is 0 Å². The molecule has 1 aliphatic heterocycles. The van der Waals surface area contributed by atoms with E-state index in [0.29, 0.717) is 22.9 Å². The molecule has 0 spiro atoms. The molecule has 9 nitrogen and oxygen atoms in total. The van der Waals surface area contributed by atoms with E-state index >= 15 is 0 Å². The van der Waals surface area contributed by atoms with E-state index in [-0.39, 0.29) is 18.7 Å². The SMILES string of the molecule is COC(=O)N1c2ccc(-c3cnc(N)cn3)cc2N(C(=O)OC(C)C)C[C@@H]1C. The van der Waals surface area contributed by atoms with Gasteiger partial charge in [-0.2, -0.15) is 0 Å². The number of methoxy groups -OCH3 is 1. The minimum absolute atomic E-state index is 0.268. The Morgan fingerprint density at radius 3 is 2.54 bits per heavy atom. The fraction of sp³-hybridized carbons (Fsp3) is 0.368. The van der Waals surface area contributed by atoms with Gasteiger partial charge in [-0.1, -0.05) is 6.07 Å². The first-order valence-corrected chi connectivity index (χ1v) is 8.89. The molecular weight excluding hydrogens is 362 g/mol. The predicted molar refractivity (Wildman–Crippen MR) is 105 cm³/mol. The van der Waals surface area contributed by atoms with Crippen molar-refractivity contribution in [2.45, 2.75) is 32.9 Å². The van der Waals surface area contributed by atoms with Crippen LogP contribution >= 0.6 is 0 Å². The number of fused-ring (bicyclic) bond motifs is 1. The number of hydrogen-bond donors (Lipinski definition) is 1. The third-order valence-corrected chi connectivity index (χ3v) is 4.31. The number of hydrogen-bond acceptors (Lipinski definition) is 7. The van der Waals surface area contributed by atoms with Gasteiger partial charge in [0.15, 0.2) is 0 Å². The van der Waals surface area contributed by atoms with Crippen LogP contribution in [0.2, 0.25) is 0 Å². The maximum Gasteiger partial charge on any atom is 0.414 e. The average molecular weight is 385 g/mol. The van der Waals surface area contributed by atoms with Gasteiger partial charge >= 0.3 is 12.2 Å². The van der Waals surface area contributed by atoms with Crippen LogP contribution in [-0.2, 0) is 9.47 Å². The summed E-state index contributed by atoms with van der Waals surface area (Å²) in [6.07, 6.45) is 1.77. The van der Waals surface area contributed by atoms with Crippen LogP contribution in [0, 0.1) is 0 Å². The normalized spacial score (nSPS) is 16.0. The van der Waals surface area contributed by atoms with E-state index in [1.54, 1.807) is 38.2 Å². The molecule has 148 valence electrons. The fourth-order valence-corrected chi connectivity index (χ4v) is 3.09. The molecule has 1 aromatic heterocycles. The summed E-state index contributed by atoms with van der Waals surface area (Å²) in [5.74, 6) is 0.314. The number of carbonyl (C=O) groups is 2. The summed E-state index contributed by atoms with van der Waals surface area (Å²) >= 11 is 0. The molecule has 3 rings (SSSR count). The number of anilines is 3. The molecule has 2 heterocycles. The monoisotopic (exact) mass is 385 g/mol. The third kappa shape index (κ3) is 3.68. The lowest BCUT2D eigenvalue weighted by atomic mass is 10.0. The molecule has 0 fully saturated rings. The Balaban J connectivity index is 2.10. The Labute approximate surface area is 163 Å². The van der Waals surface area contributed by atoms with Crippen LogP contribution in [0.15, 0.2) is 30.6 Å². The van der Waals surface area contributed by atoms with E-state index in [1.807, 2.05) is 6.92 Å². The minimum atomic E-state index is -0.495. The zero-order chi connectivity index (χ0) is 20.4. The van der Waals surface area contributed by atoms with Crippen LogP contribution in [0.1, 0.15) is 20.8 Å². The van der Waals surface area contributed by atoms with Gasteiger partial charge in [0.2, 0.25) is 0 Å². The van der Waals surface area contributed by atoms with Crippen LogP contribution in [0.3, 0.4) is 0 Å². The lowest BCUT2D eigenvalue weighted by molar-refractivity contribution is 0.121. The third-order valence-electron chi connectivity index (χ3n) is 4.31. The van der Waals surface area contributed by atoms with Crippen LogP contribution in [0.5, 0.6) is 0 Å². The predicted octanol–water partition coefficient (Wildman–Crippen LogP) is 3.05. The number of rotatable bonds is 2. The van der Waals surface area contributed by atoms with E-state index in [1.165, 1.54) is 23.1 Å². The van der Waals surface area contributed by atoms with Gasteiger partial charge in [-0.15, -0.1) is 0 Å². The van der Waals surface area contributed by atoms with Gasteiger partial charge in [-0.25, -0.2) is 14.6 Å². The van der Waals surface area contributed by atoms with Crippen molar-refractivity contribution in [2.75, 3.05) is 29.2 Å². The van der Waals surface area contributed by atoms with E-state index in [9.17, 15) is 9.59 Å². The summed E-state index contributed by atoms with van der Waals surface area (Å²) in [5, 5.41) is 0. The van der Waals surface area contributed by atoms with Gasteiger partial charge in [0.25, 0.3) is 0 Å². The molecule has 1 aromatic carbocycles. The number of nitrogen functional groups attached to an aromatic ring is 1. The summed E-state index contributed by atoms with van der Waals surface area (Å²) < 4.78 is 10.3. The van der Waals surface area contributed by atoms with Gasteiger partial charge in [-0.3, -0.25) is 14.8 Å². The van der Waals surface area contributed by atoms with E-state index in [0.717, 1.165) is 5.56 Å². The molecule has 2 aromatic rings. The van der Waals surface area contributed by atoms with Crippen molar-refractivity contribution < 1.29 is 19.1 Å². The highest BCUT2D eigenvalue weighted by Crippen LogP contribution is 2.39. The summed E-state index contributed by atoms with van der Waals surface area (Å²) in [5.41, 5.74) is 8.02. The number of carbonyl (C=O) groups excluding carboxylic acids is 2. The molecule has 2 amide bonds. The molecule has 0 saturated heterocycles. The average Bonchev–Trinajstić information content (AvgIpc) is 2.66. The van der Waals surface area contributed by atoms with Gasteiger partial charge in [0.1, 0.15) is 5.82 Å². The van der Waals surface area contributed by atoms with Gasteiger partial charge in [-0.05, 0) is 32.9 Å². The highest BCUT2D eigenvalue weighted by molar-refractivity contribution is 6.01. The van der Waals surface area contributed by atoms with Crippen molar-refractivity contribution in [1.82, 2.24) is 9.97 Å². The molecule has 28 heavy (non-hydrogen) atoms. The zero-order valence-electron chi connectivity index (χ0n) is 16.2. The first-order chi connectivity index (χ1) is 13.3. The van der Waals surface area contributed by atoms with Crippen molar-refractivity contribution in [3.63, 3.8) is 0 Å². The second-order valence-electron chi connectivity index (χ2n) is 6.76. The van der Waals surface area contributed by atoms with Crippen molar-refractivity contribution in [1.29, 1.82) is 0 Å². The number of benzene rings is 1. The quantitative estimate of drug-likeness (QED) is 0.846. The maximum atomic E-state index is 12.7. The van der Waals surface area contributed by atoms with Gasteiger partial charge in [0.05, 0.1) is 55.3 Å². The van der Waals surface area contributed by atoms with Crippen molar-refractivity contribution in [3.05, 3.63) is 30.6 Å². The Morgan fingerprint density at radius 2 is 1.93 bits per heavy atom. The molecule has 1 atom stereocenters. The lowest BCUT2D eigenvalue weighted by Gasteiger charge is -2.40.